The summed E-state index contributed by atoms with van der Waals surface area (Å²) in [5.41, 5.74) is 3.00. The topological polar surface area (TPSA) is 113 Å². The summed E-state index contributed by atoms with van der Waals surface area (Å²) >= 11 is 0. The highest BCUT2D eigenvalue weighted by Crippen LogP contribution is 2.62. The van der Waals surface area contributed by atoms with E-state index in [-0.39, 0.29) is 49.4 Å². The van der Waals surface area contributed by atoms with Gasteiger partial charge in [0.15, 0.2) is 0 Å². The minimum Gasteiger partial charge on any atom is -0.492 e. The predicted molar refractivity (Wildman–Crippen MR) is 228 cm³/mol. The summed E-state index contributed by atoms with van der Waals surface area (Å²) in [5, 5.41) is 24.4. The van der Waals surface area contributed by atoms with Crippen molar-refractivity contribution in [3.63, 3.8) is 0 Å². The molecule has 6 unspecified atom stereocenters. The van der Waals surface area contributed by atoms with Gasteiger partial charge in [-0.05, 0) is 74.1 Å². The number of unbranched alkanes of at least 4 members (excludes halogenated alkanes) is 10. The van der Waals surface area contributed by atoms with Gasteiger partial charge in [-0.3, -0.25) is 9.69 Å². The third-order valence-electron chi connectivity index (χ3n) is 12.7. The largest absolute Gasteiger partial charge is 0.492 e. The maximum atomic E-state index is 14.6. The van der Waals surface area contributed by atoms with E-state index >= 15 is 0 Å². The summed E-state index contributed by atoms with van der Waals surface area (Å²) in [7, 11) is 1.60. The fourth-order valence-corrected chi connectivity index (χ4v) is 9.86. The molecule has 2 aliphatic heterocycles. The van der Waals surface area contributed by atoms with E-state index in [2.05, 4.69) is 42.4 Å². The predicted octanol–water partition coefficient (Wildman–Crippen LogP) is 8.80. The summed E-state index contributed by atoms with van der Waals surface area (Å²) in [4.78, 5) is 24.6. The molecule has 0 spiro atoms. The monoisotopic (exact) mass is 794 g/mol. The Morgan fingerprint density at radius 2 is 1.70 bits per heavy atom. The van der Waals surface area contributed by atoms with Crippen LogP contribution < -0.4 is 9.47 Å². The summed E-state index contributed by atoms with van der Waals surface area (Å²) in [6.45, 7) is 13.4. The standard InChI is InChI=1S/C47H75N3O7/c1-5-8-9-10-11-12-13-14-15-22-44(53)50(25-6-2)43-35-41(48-54-4)39-33-36(20-16-18-29-51)38(21-17-19-30-52)45-40-34-37(55-32-28-49-26-27-49)23-24-42(40)57-47(43,46(39)45)56-31-7-3/h7,23-24,33-34,36,38,43,45-46,51-52H,3,5-6,8-22,25-32,35H2,1-2,4H3. The van der Waals surface area contributed by atoms with Gasteiger partial charge in [-0.25, -0.2) is 0 Å². The number of aliphatic hydroxyl groups excluding tert-OH is 2. The number of rotatable bonds is 29. The van der Waals surface area contributed by atoms with Crippen LogP contribution in [0.25, 0.3) is 0 Å². The summed E-state index contributed by atoms with van der Waals surface area (Å²) in [6.07, 6.45) is 21.8. The van der Waals surface area contributed by atoms with E-state index in [0.29, 0.717) is 26.0 Å². The van der Waals surface area contributed by atoms with E-state index in [1.54, 1.807) is 13.2 Å². The van der Waals surface area contributed by atoms with Crippen LogP contribution in [0.2, 0.25) is 0 Å². The lowest BCUT2D eigenvalue weighted by molar-refractivity contribution is -0.257. The normalized spacial score (nSPS) is 25.6. The lowest BCUT2D eigenvalue weighted by Crippen LogP contribution is -2.70. The number of fused-ring (bicyclic) bond motifs is 2. The number of oxime groups is 1. The Hall–Kier alpha value is -2.92. The third kappa shape index (κ3) is 11.9. The number of aliphatic hydroxyl groups is 2. The van der Waals surface area contributed by atoms with Gasteiger partial charge >= 0.3 is 0 Å². The summed E-state index contributed by atoms with van der Waals surface area (Å²) in [5.74, 6) is 0.552. The fourth-order valence-electron chi connectivity index (χ4n) is 9.86. The van der Waals surface area contributed by atoms with Crippen molar-refractivity contribution in [1.82, 2.24) is 9.80 Å². The first-order valence-electron chi connectivity index (χ1n) is 22.7. The Kier molecular flexibility index (Phi) is 18.7. The number of hydrogen-bond acceptors (Lipinski definition) is 9. The van der Waals surface area contributed by atoms with Crippen LogP contribution in [0.3, 0.4) is 0 Å². The Balaban J connectivity index is 1.56. The molecule has 0 radical (unpaired) electrons. The minimum atomic E-state index is -1.21. The van der Waals surface area contributed by atoms with E-state index in [9.17, 15) is 15.0 Å². The highest BCUT2D eigenvalue weighted by Gasteiger charge is 2.65. The molecule has 2 heterocycles. The zero-order valence-corrected chi connectivity index (χ0v) is 35.6. The number of carbonyl (C=O) groups excluding carboxylic acids is 1. The lowest BCUT2D eigenvalue weighted by atomic mass is 9.55. The average molecular weight is 794 g/mol. The van der Waals surface area contributed by atoms with Gasteiger partial charge in [-0.2, -0.15) is 0 Å². The van der Waals surface area contributed by atoms with Crippen LogP contribution in [0.1, 0.15) is 141 Å². The van der Waals surface area contributed by atoms with Crippen LogP contribution in [-0.4, -0.2) is 103 Å². The second kappa shape index (κ2) is 23.6. The Morgan fingerprint density at radius 1 is 0.982 bits per heavy atom. The van der Waals surface area contributed by atoms with Gasteiger partial charge in [-0.15, -0.1) is 6.58 Å². The van der Waals surface area contributed by atoms with E-state index in [1.165, 1.54) is 38.5 Å². The van der Waals surface area contributed by atoms with Gasteiger partial charge in [0.1, 0.15) is 31.3 Å². The molecule has 2 fully saturated rings. The van der Waals surface area contributed by atoms with E-state index in [1.807, 2.05) is 12.1 Å². The quantitative estimate of drug-likeness (QED) is 0.0359. The molecule has 4 aliphatic rings. The third-order valence-corrected chi connectivity index (χ3v) is 12.7. The number of benzene rings is 1. The smallest absolute Gasteiger partial charge is 0.239 e. The number of allylic oxidation sites excluding steroid dienone is 1. The van der Waals surface area contributed by atoms with Gasteiger partial charge in [0, 0.05) is 63.7 Å². The van der Waals surface area contributed by atoms with Crippen LogP contribution in [0, 0.1) is 17.8 Å². The van der Waals surface area contributed by atoms with Gasteiger partial charge in [0.05, 0.1) is 18.2 Å². The molecule has 10 heteroatoms. The van der Waals surface area contributed by atoms with Gasteiger partial charge in [0.25, 0.3) is 0 Å². The van der Waals surface area contributed by atoms with Crippen molar-refractivity contribution in [2.24, 2.45) is 22.9 Å². The van der Waals surface area contributed by atoms with E-state index in [0.717, 1.165) is 112 Å². The molecule has 10 nitrogen and oxygen atoms in total. The fraction of sp³-hybridized carbons (Fsp3) is 0.745. The molecule has 57 heavy (non-hydrogen) atoms. The Morgan fingerprint density at radius 3 is 2.37 bits per heavy atom. The van der Waals surface area contributed by atoms with Crippen LogP contribution >= 0.6 is 0 Å². The van der Waals surface area contributed by atoms with Crippen molar-refractivity contribution in [3.05, 3.63) is 48.1 Å². The molecule has 2 N–H and O–H groups in total. The van der Waals surface area contributed by atoms with Crippen LogP contribution in [0.5, 0.6) is 11.5 Å². The van der Waals surface area contributed by atoms with Gasteiger partial charge in [-0.1, -0.05) is 95.4 Å². The summed E-state index contributed by atoms with van der Waals surface area (Å²) in [6, 6.07) is 5.78. The number of hydrogen-bond donors (Lipinski definition) is 2. The minimum absolute atomic E-state index is 0.0483. The van der Waals surface area contributed by atoms with Gasteiger partial charge in [0.2, 0.25) is 11.7 Å². The molecule has 0 aromatic heterocycles. The molecule has 5 rings (SSSR count). The first-order chi connectivity index (χ1) is 28.0. The highest BCUT2D eigenvalue weighted by atomic mass is 16.7. The maximum absolute atomic E-state index is 14.6. The molecule has 1 saturated carbocycles. The molecule has 0 bridgehead atoms. The second-order valence-corrected chi connectivity index (χ2v) is 16.8. The van der Waals surface area contributed by atoms with E-state index in [4.69, 9.17) is 24.2 Å². The number of nitrogens with zero attached hydrogens (tertiary/aromatic N) is 3. The Labute approximate surface area is 344 Å². The lowest BCUT2D eigenvalue weighted by Gasteiger charge is -2.60. The van der Waals surface area contributed by atoms with Gasteiger partial charge < -0.3 is 34.2 Å². The molecular formula is C47H75N3O7. The number of carbonyl (C=O) groups is 1. The molecule has 2 aliphatic carbocycles. The Bertz CT molecular complexity index is 1450. The average Bonchev–Trinajstić information content (AvgIpc) is 4.05. The SMILES string of the molecule is C=CCOC12Oc3ccc(OCCN4CC4)cc3C3C(CCCCO)C(CCCCO)C=C(C(=NOC)CC1N(CCC)C(=O)CCCCCCCCCCC)C32. The molecule has 1 amide bonds. The van der Waals surface area contributed by atoms with Crippen molar-refractivity contribution < 1.29 is 34.1 Å². The highest BCUT2D eigenvalue weighted by molar-refractivity contribution is 6.03. The number of ether oxygens (including phenoxy) is 3. The van der Waals surface area contributed by atoms with Crippen molar-refractivity contribution in [3.8, 4) is 11.5 Å². The zero-order valence-electron chi connectivity index (χ0n) is 35.6. The zero-order chi connectivity index (χ0) is 40.5. The van der Waals surface area contributed by atoms with Crippen LogP contribution in [0.4, 0.5) is 0 Å². The molecule has 1 aromatic carbocycles. The van der Waals surface area contributed by atoms with E-state index < -0.39 is 11.8 Å². The van der Waals surface area contributed by atoms with Crippen molar-refractivity contribution in [1.29, 1.82) is 0 Å². The first kappa shape index (κ1) is 45.2. The molecule has 1 aromatic rings. The second-order valence-electron chi connectivity index (χ2n) is 16.8. The molecule has 6 atom stereocenters. The van der Waals surface area contributed by atoms with Crippen molar-refractivity contribution in [2.45, 2.75) is 147 Å². The van der Waals surface area contributed by atoms with Crippen LogP contribution in [0.15, 0.2) is 47.7 Å². The summed E-state index contributed by atoms with van der Waals surface area (Å²) < 4.78 is 20.8. The first-order valence-corrected chi connectivity index (χ1v) is 22.7. The molecular weight excluding hydrogens is 719 g/mol. The van der Waals surface area contributed by atoms with Crippen molar-refractivity contribution in [2.75, 3.05) is 59.7 Å². The maximum Gasteiger partial charge on any atom is 0.239 e. The molecule has 320 valence electrons. The van der Waals surface area contributed by atoms with Crippen LogP contribution in [-0.2, 0) is 14.4 Å². The molecule has 1 saturated heterocycles. The van der Waals surface area contributed by atoms with Crippen molar-refractivity contribution >= 4 is 11.6 Å². The number of amides is 1.